The Morgan fingerprint density at radius 3 is 2.67 bits per heavy atom. The predicted octanol–water partition coefficient (Wildman–Crippen LogP) is 1.13. The molecule has 0 heterocycles. The number of carbonyl (C=O) groups is 1. The van der Waals surface area contributed by atoms with Gasteiger partial charge in [-0.3, -0.25) is 0 Å². The van der Waals surface area contributed by atoms with E-state index in [1.807, 2.05) is 6.92 Å². The minimum atomic E-state index is -3.73. The predicted molar refractivity (Wildman–Crippen MR) is 79.2 cm³/mol. The zero-order valence-corrected chi connectivity index (χ0v) is 12.9. The molecule has 0 atom stereocenters. The van der Waals surface area contributed by atoms with Gasteiger partial charge in [0.1, 0.15) is 0 Å². The number of ether oxygens (including phenoxy) is 1. The van der Waals surface area contributed by atoms with Crippen molar-refractivity contribution in [2.75, 3.05) is 32.1 Å². The van der Waals surface area contributed by atoms with E-state index in [0.717, 1.165) is 6.07 Å². The molecule has 1 aromatic rings. The first kappa shape index (κ1) is 17.4. The highest BCUT2D eigenvalue weighted by Gasteiger charge is 2.18. The van der Waals surface area contributed by atoms with Crippen LogP contribution < -0.4 is 10.0 Å². The van der Waals surface area contributed by atoms with E-state index < -0.39 is 16.0 Å². The molecule has 0 radical (unpaired) electrons. The molecule has 3 N–H and O–H groups in total. The fourth-order valence-corrected chi connectivity index (χ4v) is 2.82. The largest absolute Gasteiger partial charge is 0.478 e. The topological polar surface area (TPSA) is 105 Å². The van der Waals surface area contributed by atoms with Crippen LogP contribution in [0, 0.1) is 0 Å². The average molecular weight is 316 g/mol. The number of nitrogens with one attached hydrogen (secondary N) is 2. The first-order valence-corrected chi connectivity index (χ1v) is 8.00. The molecule has 8 heteroatoms. The molecular weight excluding hydrogens is 296 g/mol. The van der Waals surface area contributed by atoms with Crippen molar-refractivity contribution in [3.8, 4) is 0 Å². The van der Waals surface area contributed by atoms with Gasteiger partial charge < -0.3 is 15.2 Å². The van der Waals surface area contributed by atoms with Crippen LogP contribution in [0.3, 0.4) is 0 Å². The molecule has 118 valence electrons. The number of hydrogen-bond acceptors (Lipinski definition) is 5. The van der Waals surface area contributed by atoms with Gasteiger partial charge in [0.25, 0.3) is 0 Å². The molecule has 0 aliphatic carbocycles. The number of methoxy groups -OCH3 is 1. The van der Waals surface area contributed by atoms with Crippen LogP contribution in [-0.4, -0.2) is 46.3 Å². The molecule has 0 aliphatic heterocycles. The van der Waals surface area contributed by atoms with Gasteiger partial charge in [0.05, 0.1) is 10.5 Å². The van der Waals surface area contributed by atoms with E-state index in [0.29, 0.717) is 25.3 Å². The number of carboxylic acids is 1. The van der Waals surface area contributed by atoms with Gasteiger partial charge in [0.15, 0.2) is 0 Å². The van der Waals surface area contributed by atoms with Crippen LogP contribution in [0.2, 0.25) is 0 Å². The summed E-state index contributed by atoms with van der Waals surface area (Å²) < 4.78 is 31.4. The number of hydrogen-bond donors (Lipinski definition) is 3. The molecule has 21 heavy (non-hydrogen) atoms. The molecule has 1 aromatic carbocycles. The lowest BCUT2D eigenvalue weighted by atomic mass is 10.2. The number of anilines is 1. The highest BCUT2D eigenvalue weighted by molar-refractivity contribution is 7.89. The minimum absolute atomic E-state index is 0.0704. The Morgan fingerprint density at radius 1 is 1.38 bits per heavy atom. The van der Waals surface area contributed by atoms with Crippen molar-refractivity contribution in [2.45, 2.75) is 18.2 Å². The van der Waals surface area contributed by atoms with Crippen molar-refractivity contribution in [2.24, 2.45) is 0 Å². The first-order chi connectivity index (χ1) is 9.92. The van der Waals surface area contributed by atoms with Gasteiger partial charge in [-0.1, -0.05) is 0 Å². The second-order valence-electron chi connectivity index (χ2n) is 4.29. The van der Waals surface area contributed by atoms with Crippen molar-refractivity contribution in [1.82, 2.24) is 4.72 Å². The monoisotopic (exact) mass is 316 g/mol. The van der Waals surface area contributed by atoms with E-state index in [2.05, 4.69) is 10.0 Å². The van der Waals surface area contributed by atoms with Crippen LogP contribution in [0.15, 0.2) is 23.1 Å². The molecule has 0 aliphatic rings. The van der Waals surface area contributed by atoms with Gasteiger partial charge in [0.2, 0.25) is 10.0 Å². The second kappa shape index (κ2) is 7.96. The molecular formula is C13H20N2O5S. The Kier molecular flexibility index (Phi) is 6.60. The third-order valence-electron chi connectivity index (χ3n) is 2.72. The van der Waals surface area contributed by atoms with Gasteiger partial charge in [-0.05, 0) is 31.5 Å². The molecule has 1 rings (SSSR count). The highest BCUT2D eigenvalue weighted by Crippen LogP contribution is 2.20. The quantitative estimate of drug-likeness (QED) is 0.590. The maximum atomic E-state index is 12.1. The Bertz CT molecular complexity index is 586. The lowest BCUT2D eigenvalue weighted by Crippen LogP contribution is -2.26. The highest BCUT2D eigenvalue weighted by atomic mass is 32.2. The van der Waals surface area contributed by atoms with E-state index in [-0.39, 0.29) is 17.0 Å². The van der Waals surface area contributed by atoms with Crippen LogP contribution in [0.1, 0.15) is 23.7 Å². The van der Waals surface area contributed by atoms with Gasteiger partial charge in [-0.15, -0.1) is 0 Å². The fraction of sp³-hybridized carbons (Fsp3) is 0.462. The Balaban J connectivity index is 2.97. The maximum Gasteiger partial charge on any atom is 0.337 e. The second-order valence-corrected chi connectivity index (χ2v) is 6.05. The van der Waals surface area contributed by atoms with Crippen molar-refractivity contribution in [3.05, 3.63) is 23.8 Å². The van der Waals surface area contributed by atoms with Gasteiger partial charge >= 0.3 is 5.97 Å². The summed E-state index contributed by atoms with van der Waals surface area (Å²) in [7, 11) is -2.19. The van der Waals surface area contributed by atoms with E-state index in [1.165, 1.54) is 19.2 Å². The summed E-state index contributed by atoms with van der Waals surface area (Å²) in [5.41, 5.74) is 0.319. The van der Waals surface area contributed by atoms with Gasteiger partial charge in [-0.25, -0.2) is 17.9 Å². The summed E-state index contributed by atoms with van der Waals surface area (Å²) in [6.45, 7) is 3.05. The number of carboxylic acid groups (broad SMARTS) is 1. The first-order valence-electron chi connectivity index (χ1n) is 6.52. The van der Waals surface area contributed by atoms with Crippen LogP contribution in [0.25, 0.3) is 0 Å². The molecule has 0 fully saturated rings. The zero-order chi connectivity index (χ0) is 15.9. The summed E-state index contributed by atoms with van der Waals surface area (Å²) in [6, 6.07) is 3.98. The number of benzene rings is 1. The molecule has 0 bridgehead atoms. The number of sulfonamides is 1. The van der Waals surface area contributed by atoms with Crippen LogP contribution in [0.5, 0.6) is 0 Å². The SMILES string of the molecule is CCNc1ccc(S(=O)(=O)NCCCOC)cc1C(=O)O. The normalized spacial score (nSPS) is 11.3. The summed E-state index contributed by atoms with van der Waals surface area (Å²) in [5.74, 6) is -1.18. The maximum absolute atomic E-state index is 12.1. The van der Waals surface area contributed by atoms with Crippen molar-refractivity contribution in [3.63, 3.8) is 0 Å². The number of rotatable bonds is 9. The lowest BCUT2D eigenvalue weighted by molar-refractivity contribution is 0.0697. The molecule has 0 unspecified atom stereocenters. The fourth-order valence-electron chi connectivity index (χ4n) is 1.72. The summed E-state index contributed by atoms with van der Waals surface area (Å²) in [4.78, 5) is 11.1. The van der Waals surface area contributed by atoms with E-state index >= 15 is 0 Å². The van der Waals surface area contributed by atoms with Crippen molar-refractivity contribution < 1.29 is 23.1 Å². The summed E-state index contributed by atoms with van der Waals surface area (Å²) in [6.07, 6.45) is 0.539. The molecule has 0 saturated heterocycles. The third-order valence-corrected chi connectivity index (χ3v) is 4.17. The molecule has 0 spiro atoms. The lowest BCUT2D eigenvalue weighted by Gasteiger charge is -2.11. The molecule has 0 aromatic heterocycles. The zero-order valence-electron chi connectivity index (χ0n) is 12.0. The van der Waals surface area contributed by atoms with Gasteiger partial charge in [0, 0.05) is 32.5 Å². The third kappa shape index (κ3) is 5.00. The van der Waals surface area contributed by atoms with Crippen LogP contribution >= 0.6 is 0 Å². The van der Waals surface area contributed by atoms with E-state index in [4.69, 9.17) is 9.84 Å². The Morgan fingerprint density at radius 2 is 2.10 bits per heavy atom. The molecule has 7 nitrogen and oxygen atoms in total. The Labute approximate surface area is 124 Å². The minimum Gasteiger partial charge on any atom is -0.478 e. The summed E-state index contributed by atoms with van der Waals surface area (Å²) in [5, 5.41) is 12.0. The standard InChI is InChI=1S/C13H20N2O5S/c1-3-14-12-6-5-10(9-11(12)13(16)17)21(18,19)15-7-4-8-20-2/h5-6,9,14-15H,3-4,7-8H2,1-2H3,(H,16,17). The molecule has 0 amide bonds. The smallest absolute Gasteiger partial charge is 0.337 e. The van der Waals surface area contributed by atoms with E-state index in [9.17, 15) is 13.2 Å². The van der Waals surface area contributed by atoms with Gasteiger partial charge in [-0.2, -0.15) is 0 Å². The average Bonchev–Trinajstić information content (AvgIpc) is 2.44. The van der Waals surface area contributed by atoms with Crippen molar-refractivity contribution in [1.29, 1.82) is 0 Å². The number of aromatic carboxylic acids is 1. The Hall–Kier alpha value is -1.64. The van der Waals surface area contributed by atoms with Crippen LogP contribution in [-0.2, 0) is 14.8 Å². The van der Waals surface area contributed by atoms with Crippen molar-refractivity contribution >= 4 is 21.7 Å². The van der Waals surface area contributed by atoms with Crippen LogP contribution in [0.4, 0.5) is 5.69 Å². The summed E-state index contributed by atoms with van der Waals surface area (Å²) >= 11 is 0. The van der Waals surface area contributed by atoms with E-state index in [1.54, 1.807) is 0 Å². The molecule has 0 saturated carbocycles.